The van der Waals surface area contributed by atoms with Crippen molar-refractivity contribution in [1.82, 2.24) is 19.8 Å². The minimum Gasteiger partial charge on any atom is -0.363 e. The van der Waals surface area contributed by atoms with Gasteiger partial charge in [0.05, 0.1) is 6.61 Å². The third kappa shape index (κ3) is 3.33. The van der Waals surface area contributed by atoms with Gasteiger partial charge in [-0.05, 0) is 20.9 Å². The van der Waals surface area contributed by atoms with Crippen molar-refractivity contribution in [3.63, 3.8) is 0 Å². The van der Waals surface area contributed by atoms with E-state index in [0.717, 1.165) is 18.9 Å². The summed E-state index contributed by atoms with van der Waals surface area (Å²) < 4.78 is 7.65. The quantitative estimate of drug-likeness (QED) is 0.835. The van der Waals surface area contributed by atoms with Gasteiger partial charge in [0.2, 0.25) is 0 Å². The predicted octanol–water partition coefficient (Wildman–Crippen LogP) is 0.0284. The maximum absolute atomic E-state index is 12.2. The van der Waals surface area contributed by atoms with Crippen molar-refractivity contribution in [2.45, 2.75) is 26.0 Å². The third-order valence-corrected chi connectivity index (χ3v) is 3.51. The van der Waals surface area contributed by atoms with Gasteiger partial charge in [-0.25, -0.2) is 4.98 Å². The van der Waals surface area contributed by atoms with Crippen LogP contribution in [0.5, 0.6) is 0 Å². The highest BCUT2D eigenvalue weighted by atomic mass is 16.5. The highest BCUT2D eigenvalue weighted by molar-refractivity contribution is 5.85. The van der Waals surface area contributed by atoms with E-state index in [9.17, 15) is 4.79 Å². The zero-order chi connectivity index (χ0) is 13.9. The molecular formula is C13H22N4O2. The fourth-order valence-corrected chi connectivity index (χ4v) is 2.32. The Hall–Kier alpha value is -1.40. The van der Waals surface area contributed by atoms with E-state index in [2.05, 4.69) is 15.2 Å². The largest absolute Gasteiger partial charge is 0.363 e. The number of imidazole rings is 1. The topological polar surface area (TPSA) is 59.4 Å². The van der Waals surface area contributed by atoms with E-state index in [0.29, 0.717) is 19.7 Å². The highest BCUT2D eigenvalue weighted by Crippen LogP contribution is 2.16. The first-order valence-corrected chi connectivity index (χ1v) is 6.60. The number of aromatic nitrogens is 2. The standard InChI is InChI=1S/C13H22N4O2/c1-11-14-4-6-17(11)7-5-15-12(18)13(2)10-16(3)8-9-19-13/h4,6H,5,7-10H2,1-3H3,(H,15,18). The molecule has 0 saturated carbocycles. The van der Waals surface area contributed by atoms with Crippen molar-refractivity contribution in [3.05, 3.63) is 18.2 Å². The molecule has 1 atom stereocenters. The highest BCUT2D eigenvalue weighted by Gasteiger charge is 2.37. The van der Waals surface area contributed by atoms with Crippen LogP contribution in [-0.4, -0.2) is 59.2 Å². The lowest BCUT2D eigenvalue weighted by Gasteiger charge is -2.37. The second-order valence-electron chi connectivity index (χ2n) is 5.24. The molecule has 6 nitrogen and oxygen atoms in total. The maximum atomic E-state index is 12.2. The Morgan fingerprint density at radius 2 is 2.42 bits per heavy atom. The number of likely N-dealkylation sites (N-methyl/N-ethyl adjacent to an activating group) is 1. The molecule has 1 aromatic heterocycles. The molecule has 1 aromatic rings. The van der Waals surface area contributed by atoms with Gasteiger partial charge < -0.3 is 19.5 Å². The number of amides is 1. The van der Waals surface area contributed by atoms with Crippen LogP contribution < -0.4 is 5.32 Å². The first-order chi connectivity index (χ1) is 9.01. The molecule has 1 amide bonds. The fraction of sp³-hybridized carbons (Fsp3) is 0.692. The molecule has 19 heavy (non-hydrogen) atoms. The Bertz CT molecular complexity index is 446. The Kier molecular flexibility index (Phi) is 4.21. The predicted molar refractivity (Wildman–Crippen MR) is 71.8 cm³/mol. The summed E-state index contributed by atoms with van der Waals surface area (Å²) in [5, 5.41) is 2.94. The molecule has 6 heteroatoms. The molecule has 106 valence electrons. The van der Waals surface area contributed by atoms with Gasteiger partial charge in [0, 0.05) is 38.6 Å². The van der Waals surface area contributed by atoms with Gasteiger partial charge in [-0.2, -0.15) is 0 Å². The first-order valence-electron chi connectivity index (χ1n) is 6.60. The minimum atomic E-state index is -0.739. The van der Waals surface area contributed by atoms with Crippen LogP contribution in [0, 0.1) is 6.92 Å². The summed E-state index contributed by atoms with van der Waals surface area (Å²) in [4.78, 5) is 18.5. The number of hydrogen-bond donors (Lipinski definition) is 1. The molecule has 1 N–H and O–H groups in total. The van der Waals surface area contributed by atoms with Crippen molar-refractivity contribution in [1.29, 1.82) is 0 Å². The van der Waals surface area contributed by atoms with Crippen LogP contribution >= 0.6 is 0 Å². The Morgan fingerprint density at radius 1 is 1.63 bits per heavy atom. The minimum absolute atomic E-state index is 0.0446. The van der Waals surface area contributed by atoms with Crippen molar-refractivity contribution < 1.29 is 9.53 Å². The van der Waals surface area contributed by atoms with Gasteiger partial charge in [0.1, 0.15) is 5.82 Å². The molecule has 2 heterocycles. The fourth-order valence-electron chi connectivity index (χ4n) is 2.32. The number of hydrogen-bond acceptors (Lipinski definition) is 4. The number of ether oxygens (including phenoxy) is 1. The smallest absolute Gasteiger partial charge is 0.253 e. The van der Waals surface area contributed by atoms with E-state index in [4.69, 9.17) is 4.74 Å². The normalized spacial score (nSPS) is 24.4. The van der Waals surface area contributed by atoms with Gasteiger partial charge in [-0.3, -0.25) is 4.79 Å². The van der Waals surface area contributed by atoms with E-state index in [-0.39, 0.29) is 5.91 Å². The van der Waals surface area contributed by atoms with E-state index < -0.39 is 5.60 Å². The molecule has 1 saturated heterocycles. The Morgan fingerprint density at radius 3 is 3.05 bits per heavy atom. The zero-order valence-electron chi connectivity index (χ0n) is 11.8. The first kappa shape index (κ1) is 14.0. The molecule has 0 aromatic carbocycles. The molecule has 2 rings (SSSR count). The number of carbonyl (C=O) groups is 1. The Balaban J connectivity index is 1.82. The summed E-state index contributed by atoms with van der Waals surface area (Å²) >= 11 is 0. The Labute approximate surface area is 113 Å². The van der Waals surface area contributed by atoms with Gasteiger partial charge in [-0.15, -0.1) is 0 Å². The van der Waals surface area contributed by atoms with Gasteiger partial charge >= 0.3 is 0 Å². The van der Waals surface area contributed by atoms with E-state index in [1.54, 1.807) is 6.20 Å². The van der Waals surface area contributed by atoms with Gasteiger partial charge in [-0.1, -0.05) is 0 Å². The lowest BCUT2D eigenvalue weighted by Crippen LogP contribution is -2.57. The number of nitrogens with zero attached hydrogens (tertiary/aromatic N) is 3. The molecular weight excluding hydrogens is 244 g/mol. The molecule has 0 spiro atoms. The number of nitrogens with one attached hydrogen (secondary N) is 1. The summed E-state index contributed by atoms with van der Waals surface area (Å²) in [5.41, 5.74) is -0.739. The molecule has 1 aliphatic heterocycles. The molecule has 0 bridgehead atoms. The van der Waals surface area contributed by atoms with E-state index >= 15 is 0 Å². The molecule has 1 aliphatic rings. The number of carbonyl (C=O) groups excluding carboxylic acids is 1. The van der Waals surface area contributed by atoms with Crippen LogP contribution in [0.1, 0.15) is 12.7 Å². The maximum Gasteiger partial charge on any atom is 0.253 e. The van der Waals surface area contributed by atoms with E-state index in [1.807, 2.05) is 31.7 Å². The monoisotopic (exact) mass is 266 g/mol. The third-order valence-electron chi connectivity index (χ3n) is 3.51. The summed E-state index contributed by atoms with van der Waals surface area (Å²) in [5.74, 6) is 0.908. The average molecular weight is 266 g/mol. The number of rotatable bonds is 4. The summed E-state index contributed by atoms with van der Waals surface area (Å²) in [7, 11) is 2.00. The van der Waals surface area contributed by atoms with E-state index in [1.165, 1.54) is 0 Å². The van der Waals surface area contributed by atoms with Crippen LogP contribution in [0.3, 0.4) is 0 Å². The molecule has 0 aliphatic carbocycles. The van der Waals surface area contributed by atoms with Crippen molar-refractivity contribution in [2.75, 3.05) is 33.3 Å². The van der Waals surface area contributed by atoms with Crippen LogP contribution in [0.25, 0.3) is 0 Å². The number of aryl methyl sites for hydroxylation is 1. The van der Waals surface area contributed by atoms with Gasteiger partial charge in [0.15, 0.2) is 5.60 Å². The summed E-state index contributed by atoms with van der Waals surface area (Å²) in [6.07, 6.45) is 3.67. The van der Waals surface area contributed by atoms with Crippen molar-refractivity contribution in [3.8, 4) is 0 Å². The van der Waals surface area contributed by atoms with Crippen molar-refractivity contribution >= 4 is 5.91 Å². The SMILES string of the molecule is Cc1nccn1CCNC(=O)C1(C)CN(C)CCO1. The number of morpholine rings is 1. The molecule has 0 radical (unpaired) electrons. The molecule has 1 unspecified atom stereocenters. The lowest BCUT2D eigenvalue weighted by atomic mass is 10.0. The van der Waals surface area contributed by atoms with Crippen LogP contribution in [-0.2, 0) is 16.1 Å². The van der Waals surface area contributed by atoms with Crippen LogP contribution in [0.4, 0.5) is 0 Å². The lowest BCUT2D eigenvalue weighted by molar-refractivity contribution is -0.155. The van der Waals surface area contributed by atoms with Crippen LogP contribution in [0.2, 0.25) is 0 Å². The summed E-state index contributed by atoms with van der Waals surface area (Å²) in [6, 6.07) is 0. The van der Waals surface area contributed by atoms with Crippen LogP contribution in [0.15, 0.2) is 12.4 Å². The van der Waals surface area contributed by atoms with Gasteiger partial charge in [0.25, 0.3) is 5.91 Å². The average Bonchev–Trinajstić information content (AvgIpc) is 2.75. The van der Waals surface area contributed by atoms with Crippen molar-refractivity contribution in [2.24, 2.45) is 0 Å². The second kappa shape index (κ2) is 5.71. The zero-order valence-corrected chi connectivity index (χ0v) is 11.8. The molecule has 1 fully saturated rings. The summed E-state index contributed by atoms with van der Waals surface area (Å²) in [6.45, 7) is 7.20. The second-order valence-corrected chi connectivity index (χ2v) is 5.24.